The molecule has 0 spiro atoms. The number of fused-ring (bicyclic) bond motifs is 1. The predicted molar refractivity (Wildman–Crippen MR) is 109 cm³/mol. The monoisotopic (exact) mass is 392 g/mol. The van der Waals surface area contributed by atoms with E-state index in [0.29, 0.717) is 6.54 Å². The molecule has 4 aromatic rings. The average Bonchev–Trinajstić information content (AvgIpc) is 3.40. The number of aromatic nitrogens is 4. The van der Waals surface area contributed by atoms with E-state index in [0.717, 1.165) is 26.5 Å². The van der Waals surface area contributed by atoms with Crippen LogP contribution in [0.1, 0.15) is 23.5 Å². The molecule has 0 aliphatic heterocycles. The van der Waals surface area contributed by atoms with Crippen molar-refractivity contribution < 1.29 is 4.79 Å². The quantitative estimate of drug-likeness (QED) is 0.561. The van der Waals surface area contributed by atoms with Crippen LogP contribution in [0, 0.1) is 0 Å². The highest BCUT2D eigenvalue weighted by Gasteiger charge is 2.17. The minimum absolute atomic E-state index is 0.0693. The van der Waals surface area contributed by atoms with Gasteiger partial charge in [-0.1, -0.05) is 24.3 Å². The van der Waals surface area contributed by atoms with Crippen LogP contribution in [0.2, 0.25) is 0 Å². The van der Waals surface area contributed by atoms with Crippen LogP contribution in [0.3, 0.4) is 0 Å². The minimum atomic E-state index is -0.132. The van der Waals surface area contributed by atoms with E-state index in [1.807, 2.05) is 55.5 Å². The summed E-state index contributed by atoms with van der Waals surface area (Å²) < 4.78 is 2.82. The van der Waals surface area contributed by atoms with E-state index in [-0.39, 0.29) is 12.1 Å². The van der Waals surface area contributed by atoms with Gasteiger partial charge in [0.05, 0.1) is 28.5 Å². The lowest BCUT2D eigenvalue weighted by Gasteiger charge is -2.25. The van der Waals surface area contributed by atoms with Crippen LogP contribution in [0.5, 0.6) is 0 Å². The van der Waals surface area contributed by atoms with Crippen LogP contribution < -0.4 is 5.32 Å². The summed E-state index contributed by atoms with van der Waals surface area (Å²) in [5, 5.41) is 7.97. The first-order valence-corrected chi connectivity index (χ1v) is 9.73. The molecule has 7 nitrogen and oxygen atoms in total. The van der Waals surface area contributed by atoms with Gasteiger partial charge in [0, 0.05) is 7.05 Å². The molecule has 0 saturated heterocycles. The second-order valence-electron chi connectivity index (χ2n) is 6.45. The largest absolute Gasteiger partial charge is 0.331 e. The lowest BCUT2D eigenvalue weighted by atomic mass is 10.1. The standard InChI is InChI=1S/C20H20N6OS/c1-14(15-7-9-16(10-8-15)26-13-21-12-23-26)25(2)20(27)22-11-19-24-17-5-3-4-6-18(17)28-19/h3-10,12-14H,11H2,1-2H3,(H,22,27)/t14-/m0/s1. The van der Waals surface area contributed by atoms with Crippen molar-refractivity contribution in [3.05, 3.63) is 71.8 Å². The second-order valence-corrected chi connectivity index (χ2v) is 7.57. The van der Waals surface area contributed by atoms with E-state index in [9.17, 15) is 4.79 Å². The molecule has 0 unspecified atom stereocenters. The third kappa shape index (κ3) is 3.72. The van der Waals surface area contributed by atoms with Crippen molar-refractivity contribution in [3.8, 4) is 5.69 Å². The van der Waals surface area contributed by atoms with E-state index in [2.05, 4.69) is 20.4 Å². The van der Waals surface area contributed by atoms with Gasteiger partial charge in [-0.25, -0.2) is 19.4 Å². The number of benzene rings is 2. The third-order valence-electron chi connectivity index (χ3n) is 4.69. The second kappa shape index (κ2) is 7.77. The van der Waals surface area contributed by atoms with Gasteiger partial charge in [0.25, 0.3) is 0 Å². The number of carbonyl (C=O) groups excluding carboxylic acids is 1. The predicted octanol–water partition coefficient (Wildman–Crippen LogP) is 3.78. The Morgan fingerprint density at radius 1 is 1.21 bits per heavy atom. The minimum Gasteiger partial charge on any atom is -0.331 e. The molecule has 4 rings (SSSR count). The zero-order valence-electron chi connectivity index (χ0n) is 15.6. The maximum absolute atomic E-state index is 12.6. The molecule has 0 aliphatic carbocycles. The molecule has 1 atom stereocenters. The molecule has 2 heterocycles. The Balaban J connectivity index is 1.38. The summed E-state index contributed by atoms with van der Waals surface area (Å²) >= 11 is 1.60. The van der Waals surface area contributed by atoms with Gasteiger partial charge in [0.15, 0.2) is 0 Å². The fourth-order valence-corrected chi connectivity index (χ4v) is 3.83. The van der Waals surface area contributed by atoms with Crippen LogP contribution >= 0.6 is 11.3 Å². The topological polar surface area (TPSA) is 75.9 Å². The summed E-state index contributed by atoms with van der Waals surface area (Å²) in [6.07, 6.45) is 3.15. The Morgan fingerprint density at radius 2 is 2.00 bits per heavy atom. The van der Waals surface area contributed by atoms with Gasteiger partial charge in [-0.3, -0.25) is 0 Å². The van der Waals surface area contributed by atoms with Crippen molar-refractivity contribution >= 4 is 27.6 Å². The molecule has 28 heavy (non-hydrogen) atoms. The summed E-state index contributed by atoms with van der Waals surface area (Å²) in [7, 11) is 1.80. The number of nitrogens with one attached hydrogen (secondary N) is 1. The first kappa shape index (κ1) is 18.1. The summed E-state index contributed by atoms with van der Waals surface area (Å²) in [5.41, 5.74) is 2.93. The van der Waals surface area contributed by atoms with Gasteiger partial charge in [0.1, 0.15) is 17.7 Å². The van der Waals surface area contributed by atoms with Crippen molar-refractivity contribution in [1.29, 1.82) is 0 Å². The molecule has 0 saturated carbocycles. The Hall–Kier alpha value is -3.26. The van der Waals surface area contributed by atoms with Crippen LogP contribution in [-0.4, -0.2) is 37.7 Å². The lowest BCUT2D eigenvalue weighted by Crippen LogP contribution is -2.38. The maximum Gasteiger partial charge on any atom is 0.317 e. The van der Waals surface area contributed by atoms with Crippen LogP contribution in [0.4, 0.5) is 4.79 Å². The normalized spacial score (nSPS) is 12.1. The highest BCUT2D eigenvalue weighted by Crippen LogP contribution is 2.22. The van der Waals surface area contributed by atoms with Gasteiger partial charge in [-0.15, -0.1) is 11.3 Å². The van der Waals surface area contributed by atoms with Crippen molar-refractivity contribution in [2.24, 2.45) is 0 Å². The highest BCUT2D eigenvalue weighted by atomic mass is 32.1. The van der Waals surface area contributed by atoms with Gasteiger partial charge in [-0.05, 0) is 36.8 Å². The number of hydrogen-bond donors (Lipinski definition) is 1. The molecule has 0 aliphatic rings. The average molecular weight is 392 g/mol. The fourth-order valence-electron chi connectivity index (χ4n) is 2.92. The number of urea groups is 1. The molecule has 0 radical (unpaired) electrons. The molecule has 0 fully saturated rings. The SMILES string of the molecule is C[C@@H](c1ccc(-n2cncn2)cc1)N(C)C(=O)NCc1nc2ccccc2s1. The molecular weight excluding hydrogens is 372 g/mol. The number of nitrogens with zero attached hydrogens (tertiary/aromatic N) is 5. The first-order valence-electron chi connectivity index (χ1n) is 8.92. The number of hydrogen-bond acceptors (Lipinski definition) is 5. The molecule has 2 aromatic carbocycles. The molecule has 2 amide bonds. The smallest absolute Gasteiger partial charge is 0.317 e. The van der Waals surface area contributed by atoms with Gasteiger partial charge < -0.3 is 10.2 Å². The molecular formula is C20H20N6OS. The molecule has 1 N–H and O–H groups in total. The lowest BCUT2D eigenvalue weighted by molar-refractivity contribution is 0.194. The van der Waals surface area contributed by atoms with Crippen molar-refractivity contribution in [2.45, 2.75) is 19.5 Å². The highest BCUT2D eigenvalue weighted by molar-refractivity contribution is 7.18. The Labute approximate surface area is 166 Å². The number of para-hydroxylation sites is 1. The van der Waals surface area contributed by atoms with E-state index in [1.165, 1.54) is 6.33 Å². The van der Waals surface area contributed by atoms with E-state index < -0.39 is 0 Å². The van der Waals surface area contributed by atoms with Crippen molar-refractivity contribution in [3.63, 3.8) is 0 Å². The Bertz CT molecular complexity index is 1040. The summed E-state index contributed by atoms with van der Waals surface area (Å²) in [5.74, 6) is 0. The summed E-state index contributed by atoms with van der Waals surface area (Å²) in [6, 6.07) is 15.7. The number of amides is 2. The van der Waals surface area contributed by atoms with Crippen molar-refractivity contribution in [2.75, 3.05) is 7.05 Å². The van der Waals surface area contributed by atoms with Gasteiger partial charge >= 0.3 is 6.03 Å². The van der Waals surface area contributed by atoms with E-state index in [4.69, 9.17) is 0 Å². The Morgan fingerprint density at radius 3 is 2.71 bits per heavy atom. The fraction of sp³-hybridized carbons (Fsp3) is 0.200. The molecule has 142 valence electrons. The van der Waals surface area contributed by atoms with Crippen LogP contribution in [0.25, 0.3) is 15.9 Å². The molecule has 8 heteroatoms. The zero-order chi connectivity index (χ0) is 19.5. The maximum atomic E-state index is 12.6. The van der Waals surface area contributed by atoms with Crippen LogP contribution in [0.15, 0.2) is 61.2 Å². The van der Waals surface area contributed by atoms with E-state index in [1.54, 1.807) is 34.3 Å². The van der Waals surface area contributed by atoms with Crippen LogP contribution in [-0.2, 0) is 6.54 Å². The van der Waals surface area contributed by atoms with Gasteiger partial charge in [0.2, 0.25) is 0 Å². The number of carbonyl (C=O) groups is 1. The van der Waals surface area contributed by atoms with E-state index >= 15 is 0 Å². The molecule has 2 aromatic heterocycles. The third-order valence-corrected chi connectivity index (χ3v) is 5.73. The first-order chi connectivity index (χ1) is 13.6. The summed E-state index contributed by atoms with van der Waals surface area (Å²) in [6.45, 7) is 2.42. The number of rotatable bonds is 5. The zero-order valence-corrected chi connectivity index (χ0v) is 16.4. The summed E-state index contributed by atoms with van der Waals surface area (Å²) in [4.78, 5) is 22.8. The van der Waals surface area contributed by atoms with Crippen molar-refractivity contribution in [1.82, 2.24) is 30.0 Å². The molecule has 0 bridgehead atoms. The number of thiazole rings is 1. The van der Waals surface area contributed by atoms with Gasteiger partial charge in [-0.2, -0.15) is 5.10 Å². The Kier molecular flexibility index (Phi) is 5.03.